The van der Waals surface area contributed by atoms with Gasteiger partial charge in [0.05, 0.1) is 13.1 Å². The van der Waals surface area contributed by atoms with Crippen molar-refractivity contribution >= 4 is 49.2 Å². The maximum absolute atomic E-state index is 10.9. The Morgan fingerprint density at radius 3 is 2.69 bits per heavy atom. The van der Waals surface area contributed by atoms with Gasteiger partial charge in [-0.1, -0.05) is 0 Å². The van der Waals surface area contributed by atoms with Gasteiger partial charge < -0.3 is 5.11 Å². The van der Waals surface area contributed by atoms with Gasteiger partial charge in [0.1, 0.15) is 0 Å². The van der Waals surface area contributed by atoms with Gasteiger partial charge in [0.25, 0.3) is 0 Å². The van der Waals surface area contributed by atoms with Gasteiger partial charge in [-0.05, 0) is 44.0 Å². The van der Waals surface area contributed by atoms with Crippen LogP contribution in [0.15, 0.2) is 26.6 Å². The van der Waals surface area contributed by atoms with Crippen LogP contribution in [0.3, 0.4) is 0 Å². The number of aromatic nitrogens is 2. The fraction of sp³-hybridized carbons (Fsp3) is 0. The summed E-state index contributed by atoms with van der Waals surface area (Å²) >= 11 is 7.88. The molecule has 0 saturated heterocycles. The molecule has 0 aromatic carbocycles. The summed E-state index contributed by atoms with van der Waals surface area (Å²) in [5.74, 6) is -0.664. The molecule has 0 fully saturated rings. The second kappa shape index (κ2) is 4.60. The third-order valence-corrected chi connectivity index (χ3v) is 3.94. The predicted octanol–water partition coefficient (Wildman–Crippen LogP) is 3.43. The van der Waals surface area contributed by atoms with Gasteiger partial charge in [0.2, 0.25) is 0 Å². The smallest absolute Gasteiger partial charge is 0.355 e. The average Bonchev–Trinajstić information content (AvgIpc) is 2.65. The minimum Gasteiger partial charge on any atom is -0.476 e. The summed E-state index contributed by atoms with van der Waals surface area (Å²) in [7, 11) is 0. The maximum Gasteiger partial charge on any atom is 0.355 e. The van der Waals surface area contributed by atoms with Gasteiger partial charge in [0.15, 0.2) is 11.5 Å². The van der Waals surface area contributed by atoms with Crippen LogP contribution in [0.2, 0.25) is 0 Å². The minimum absolute atomic E-state index is 0.0328. The molecule has 82 valence electrons. The summed E-state index contributed by atoms with van der Waals surface area (Å²) in [4.78, 5) is 19.8. The largest absolute Gasteiger partial charge is 0.476 e. The lowest BCUT2D eigenvalue weighted by Crippen LogP contribution is -2.03. The average molecular weight is 364 g/mol. The van der Waals surface area contributed by atoms with E-state index in [0.29, 0.717) is 10.3 Å². The first kappa shape index (κ1) is 11.7. The van der Waals surface area contributed by atoms with Crippen LogP contribution in [-0.4, -0.2) is 21.0 Å². The number of nitrogens with zero attached hydrogens (tertiary/aromatic N) is 2. The summed E-state index contributed by atoms with van der Waals surface area (Å²) in [5, 5.41) is 8.92. The molecule has 0 aliphatic heterocycles. The van der Waals surface area contributed by atoms with Gasteiger partial charge in [-0.15, -0.1) is 11.3 Å². The van der Waals surface area contributed by atoms with Crippen molar-refractivity contribution < 1.29 is 9.90 Å². The Balaban J connectivity index is 2.51. The van der Waals surface area contributed by atoms with E-state index in [-0.39, 0.29) is 5.69 Å². The zero-order chi connectivity index (χ0) is 11.7. The van der Waals surface area contributed by atoms with Crippen LogP contribution in [0, 0.1) is 0 Å². The number of aromatic carboxylic acids is 1. The maximum atomic E-state index is 10.9. The number of thiophene rings is 1. The third kappa shape index (κ3) is 2.31. The summed E-state index contributed by atoms with van der Waals surface area (Å²) < 4.78 is 1.32. The van der Waals surface area contributed by atoms with E-state index in [9.17, 15) is 4.79 Å². The highest BCUT2D eigenvalue weighted by Crippen LogP contribution is 2.29. The number of hydrogen-bond donors (Lipinski definition) is 1. The molecular weight excluding hydrogens is 360 g/mol. The Morgan fingerprint density at radius 1 is 1.38 bits per heavy atom. The topological polar surface area (TPSA) is 63.1 Å². The number of carboxylic acids is 1. The van der Waals surface area contributed by atoms with Crippen LogP contribution in [0.5, 0.6) is 0 Å². The summed E-state index contributed by atoms with van der Waals surface area (Å²) in [6.07, 6.45) is 1.44. The molecule has 0 aliphatic carbocycles. The van der Waals surface area contributed by atoms with E-state index < -0.39 is 5.97 Å². The summed E-state index contributed by atoms with van der Waals surface area (Å²) in [6.45, 7) is 0. The molecule has 0 saturated carbocycles. The Labute approximate surface area is 112 Å². The molecule has 0 unspecified atom stereocenters. The Kier molecular flexibility index (Phi) is 3.36. The van der Waals surface area contributed by atoms with E-state index in [1.54, 1.807) is 0 Å². The molecule has 0 atom stereocenters. The summed E-state index contributed by atoms with van der Waals surface area (Å²) in [6, 6.07) is 3.70. The molecule has 2 aromatic rings. The monoisotopic (exact) mass is 362 g/mol. The Bertz CT molecular complexity index is 556. The lowest BCUT2D eigenvalue weighted by atomic mass is 10.4. The highest BCUT2D eigenvalue weighted by molar-refractivity contribution is 9.11. The second-order valence-corrected chi connectivity index (χ2v) is 6.12. The second-order valence-electron chi connectivity index (χ2n) is 2.80. The molecule has 7 heteroatoms. The number of hydrogen-bond acceptors (Lipinski definition) is 4. The normalized spacial score (nSPS) is 10.4. The zero-order valence-corrected chi connectivity index (χ0v) is 11.6. The van der Waals surface area contributed by atoms with Crippen LogP contribution in [0.1, 0.15) is 10.5 Å². The van der Waals surface area contributed by atoms with E-state index in [2.05, 4.69) is 41.8 Å². The molecule has 2 rings (SSSR count). The van der Waals surface area contributed by atoms with Crippen molar-refractivity contribution in [2.24, 2.45) is 0 Å². The van der Waals surface area contributed by atoms with Crippen molar-refractivity contribution in [1.29, 1.82) is 0 Å². The van der Waals surface area contributed by atoms with E-state index in [4.69, 9.17) is 5.11 Å². The molecule has 1 N–H and O–H groups in total. The van der Waals surface area contributed by atoms with Crippen LogP contribution in [-0.2, 0) is 0 Å². The first-order valence-corrected chi connectivity index (χ1v) is 6.49. The van der Waals surface area contributed by atoms with Gasteiger partial charge in [0, 0.05) is 6.20 Å². The molecule has 0 aliphatic rings. The van der Waals surface area contributed by atoms with Crippen LogP contribution < -0.4 is 0 Å². The lowest BCUT2D eigenvalue weighted by Gasteiger charge is -2.00. The quantitative estimate of drug-likeness (QED) is 0.887. The standard InChI is InChI=1S/C9H4Br2N2O2S/c10-4-3-12-8(13-7(4)9(14)15)5-1-2-6(11)16-5/h1-3H,(H,14,15). The van der Waals surface area contributed by atoms with E-state index >= 15 is 0 Å². The highest BCUT2D eigenvalue weighted by Gasteiger charge is 2.13. The van der Waals surface area contributed by atoms with Crippen LogP contribution >= 0.6 is 43.2 Å². The third-order valence-electron chi connectivity index (χ3n) is 1.74. The first-order chi connectivity index (χ1) is 7.58. The molecule has 4 nitrogen and oxygen atoms in total. The molecular formula is C9H4Br2N2O2S. The van der Waals surface area contributed by atoms with Crippen molar-refractivity contribution in [2.75, 3.05) is 0 Å². The van der Waals surface area contributed by atoms with Crippen molar-refractivity contribution in [3.63, 3.8) is 0 Å². The summed E-state index contributed by atoms with van der Waals surface area (Å²) in [5.41, 5.74) is -0.0328. The lowest BCUT2D eigenvalue weighted by molar-refractivity contribution is 0.0689. The first-order valence-electron chi connectivity index (χ1n) is 4.09. The molecule has 0 radical (unpaired) electrons. The van der Waals surface area contributed by atoms with Gasteiger partial charge in [-0.2, -0.15) is 0 Å². The van der Waals surface area contributed by atoms with E-state index in [1.807, 2.05) is 12.1 Å². The molecule has 0 amide bonds. The molecule has 0 spiro atoms. The zero-order valence-electron chi connectivity index (χ0n) is 7.65. The van der Waals surface area contributed by atoms with Crippen molar-refractivity contribution in [1.82, 2.24) is 9.97 Å². The molecule has 2 heterocycles. The fourth-order valence-electron chi connectivity index (χ4n) is 1.07. The molecule has 16 heavy (non-hydrogen) atoms. The van der Waals surface area contributed by atoms with Crippen LogP contribution in [0.4, 0.5) is 0 Å². The number of carboxylic acid groups (broad SMARTS) is 1. The van der Waals surface area contributed by atoms with Gasteiger partial charge in [-0.3, -0.25) is 0 Å². The predicted molar refractivity (Wildman–Crippen MR) is 67.7 cm³/mol. The SMILES string of the molecule is O=C(O)c1nc(-c2ccc(Br)s2)ncc1Br. The number of halogens is 2. The number of rotatable bonds is 2. The van der Waals surface area contributed by atoms with E-state index in [0.717, 1.165) is 8.66 Å². The minimum atomic E-state index is -1.08. The fourth-order valence-corrected chi connectivity index (χ4v) is 2.76. The van der Waals surface area contributed by atoms with Crippen LogP contribution in [0.25, 0.3) is 10.7 Å². The molecule has 0 bridgehead atoms. The van der Waals surface area contributed by atoms with E-state index in [1.165, 1.54) is 17.5 Å². The van der Waals surface area contributed by atoms with Gasteiger partial charge >= 0.3 is 5.97 Å². The van der Waals surface area contributed by atoms with Crippen molar-refractivity contribution in [2.45, 2.75) is 0 Å². The van der Waals surface area contributed by atoms with Gasteiger partial charge in [-0.25, -0.2) is 14.8 Å². The Morgan fingerprint density at radius 2 is 2.12 bits per heavy atom. The highest BCUT2D eigenvalue weighted by atomic mass is 79.9. The van der Waals surface area contributed by atoms with Crippen molar-refractivity contribution in [3.05, 3.63) is 32.3 Å². The Hall–Kier alpha value is -0.790. The van der Waals surface area contributed by atoms with Crippen molar-refractivity contribution in [3.8, 4) is 10.7 Å². The molecule has 2 aromatic heterocycles. The number of carbonyl (C=O) groups is 1.